The smallest absolute Gasteiger partial charge is 0.332 e. The van der Waals surface area contributed by atoms with E-state index in [1.165, 1.54) is 7.11 Å². The van der Waals surface area contributed by atoms with Gasteiger partial charge in [0, 0.05) is 17.7 Å². The number of hydrogen-bond acceptors (Lipinski definition) is 4. The van der Waals surface area contributed by atoms with Gasteiger partial charge in [-0.3, -0.25) is 9.69 Å². The highest BCUT2D eigenvalue weighted by molar-refractivity contribution is 6.13. The van der Waals surface area contributed by atoms with Crippen LogP contribution in [0.3, 0.4) is 0 Å². The molecule has 5 nitrogen and oxygen atoms in total. The topological polar surface area (TPSA) is 55.8 Å². The van der Waals surface area contributed by atoms with Gasteiger partial charge in [0.1, 0.15) is 11.3 Å². The number of esters is 1. The summed E-state index contributed by atoms with van der Waals surface area (Å²) in [6.45, 7) is 10.5. The van der Waals surface area contributed by atoms with Crippen LogP contribution in [-0.2, 0) is 21.4 Å². The first-order valence-corrected chi connectivity index (χ1v) is 12.8. The van der Waals surface area contributed by atoms with Gasteiger partial charge in [-0.05, 0) is 58.2 Å². The number of anilines is 1. The number of amides is 1. The van der Waals surface area contributed by atoms with Crippen molar-refractivity contribution < 1.29 is 19.1 Å². The highest BCUT2D eigenvalue weighted by Crippen LogP contribution is 2.48. The van der Waals surface area contributed by atoms with Gasteiger partial charge < -0.3 is 9.47 Å². The number of methoxy groups -OCH3 is 2. The molecule has 0 N–H and O–H groups in total. The molecule has 3 aromatic rings. The van der Waals surface area contributed by atoms with Crippen molar-refractivity contribution in [2.24, 2.45) is 5.92 Å². The van der Waals surface area contributed by atoms with Crippen molar-refractivity contribution in [3.8, 4) is 16.9 Å². The lowest BCUT2D eigenvalue weighted by atomic mass is 9.83. The quantitative estimate of drug-likeness (QED) is 0.349. The molecular weight excluding hydrogens is 462 g/mol. The van der Waals surface area contributed by atoms with Crippen molar-refractivity contribution in [2.75, 3.05) is 19.1 Å². The van der Waals surface area contributed by atoms with Crippen LogP contribution in [-0.4, -0.2) is 31.6 Å². The summed E-state index contributed by atoms with van der Waals surface area (Å²) in [5.41, 5.74) is 3.98. The molecule has 0 spiro atoms. The summed E-state index contributed by atoms with van der Waals surface area (Å²) in [6.07, 6.45) is 0.868. The largest absolute Gasteiger partial charge is 0.496 e. The molecular formula is C32H37NO4. The Balaban J connectivity index is 1.93. The first-order valence-electron chi connectivity index (χ1n) is 12.8. The molecule has 37 heavy (non-hydrogen) atoms. The van der Waals surface area contributed by atoms with Crippen LogP contribution in [0.15, 0.2) is 66.7 Å². The zero-order valence-corrected chi connectivity index (χ0v) is 22.9. The van der Waals surface area contributed by atoms with E-state index in [1.54, 1.807) is 18.1 Å². The SMILES string of the molecule is COC(=O)C1(CC(C)C)Cc2c(-c3ccccc3)cccc2N1C(=O)c1ccc(C(C)(C)C)c(OC)c1. The van der Waals surface area contributed by atoms with Gasteiger partial charge >= 0.3 is 5.97 Å². The summed E-state index contributed by atoms with van der Waals surface area (Å²) in [5.74, 6) is 0.168. The monoisotopic (exact) mass is 499 g/mol. The number of fused-ring (bicyclic) bond motifs is 1. The van der Waals surface area contributed by atoms with Crippen molar-refractivity contribution in [2.45, 2.75) is 58.4 Å². The minimum Gasteiger partial charge on any atom is -0.496 e. The van der Waals surface area contributed by atoms with E-state index >= 15 is 0 Å². The second-order valence-corrected chi connectivity index (χ2v) is 11.3. The van der Waals surface area contributed by atoms with Gasteiger partial charge in [0.25, 0.3) is 5.91 Å². The molecule has 0 radical (unpaired) electrons. The van der Waals surface area contributed by atoms with E-state index in [2.05, 4.69) is 52.8 Å². The normalized spacial score (nSPS) is 17.0. The van der Waals surface area contributed by atoms with Crippen LogP contribution in [0.25, 0.3) is 11.1 Å². The molecule has 1 amide bonds. The van der Waals surface area contributed by atoms with Gasteiger partial charge in [-0.2, -0.15) is 0 Å². The molecule has 3 aromatic carbocycles. The first-order chi connectivity index (χ1) is 17.5. The van der Waals surface area contributed by atoms with Gasteiger partial charge in [0.15, 0.2) is 0 Å². The molecule has 5 heteroatoms. The molecule has 0 saturated heterocycles. The summed E-state index contributed by atoms with van der Waals surface area (Å²) in [4.78, 5) is 29.7. The number of carbonyl (C=O) groups excluding carboxylic acids is 2. The van der Waals surface area contributed by atoms with Crippen molar-refractivity contribution >= 4 is 17.6 Å². The third-order valence-electron chi connectivity index (χ3n) is 7.15. The van der Waals surface area contributed by atoms with Crippen LogP contribution in [0.2, 0.25) is 0 Å². The van der Waals surface area contributed by atoms with Crippen molar-refractivity contribution in [1.82, 2.24) is 0 Å². The van der Waals surface area contributed by atoms with E-state index < -0.39 is 11.5 Å². The maximum Gasteiger partial charge on any atom is 0.332 e. The summed E-state index contributed by atoms with van der Waals surface area (Å²) in [5, 5.41) is 0. The highest BCUT2D eigenvalue weighted by Gasteiger charge is 2.54. The number of nitrogens with zero attached hydrogens (tertiary/aromatic N) is 1. The number of rotatable bonds is 6. The Morgan fingerprint density at radius 1 is 0.973 bits per heavy atom. The summed E-state index contributed by atoms with van der Waals surface area (Å²) < 4.78 is 11.1. The maximum absolute atomic E-state index is 14.4. The van der Waals surface area contributed by atoms with E-state index in [4.69, 9.17) is 9.47 Å². The fraction of sp³-hybridized carbons (Fsp3) is 0.375. The Bertz CT molecular complexity index is 1310. The second-order valence-electron chi connectivity index (χ2n) is 11.3. The van der Waals surface area contributed by atoms with Crippen molar-refractivity contribution in [1.29, 1.82) is 0 Å². The molecule has 1 aliphatic rings. The Hall–Kier alpha value is -3.60. The predicted octanol–water partition coefficient (Wildman–Crippen LogP) is 6.82. The number of carbonyl (C=O) groups is 2. The fourth-order valence-corrected chi connectivity index (χ4v) is 5.61. The molecule has 0 aliphatic carbocycles. The van der Waals surface area contributed by atoms with Crippen LogP contribution in [0.4, 0.5) is 5.69 Å². The molecule has 0 aromatic heterocycles. The minimum atomic E-state index is -1.15. The van der Waals surface area contributed by atoms with Crippen LogP contribution < -0.4 is 9.64 Å². The number of hydrogen-bond donors (Lipinski definition) is 0. The molecule has 0 saturated carbocycles. The lowest BCUT2D eigenvalue weighted by Gasteiger charge is -2.37. The first kappa shape index (κ1) is 26.5. The Morgan fingerprint density at radius 3 is 2.27 bits per heavy atom. The molecule has 0 bridgehead atoms. The zero-order valence-electron chi connectivity index (χ0n) is 22.9. The van der Waals surface area contributed by atoms with Crippen LogP contribution in [0.1, 0.15) is 62.5 Å². The average Bonchev–Trinajstić information content (AvgIpc) is 3.21. The molecule has 1 aliphatic heterocycles. The molecule has 0 fully saturated rings. The Morgan fingerprint density at radius 2 is 1.68 bits per heavy atom. The molecule has 1 unspecified atom stereocenters. The van der Waals surface area contributed by atoms with E-state index in [1.807, 2.05) is 42.5 Å². The van der Waals surface area contributed by atoms with Gasteiger partial charge in [-0.15, -0.1) is 0 Å². The summed E-state index contributed by atoms with van der Waals surface area (Å²) >= 11 is 0. The lowest BCUT2D eigenvalue weighted by molar-refractivity contribution is -0.147. The van der Waals surface area contributed by atoms with E-state index in [-0.39, 0.29) is 17.2 Å². The second kappa shape index (κ2) is 10.0. The van der Waals surface area contributed by atoms with Gasteiger partial charge in [0.05, 0.1) is 14.2 Å². The zero-order chi connectivity index (χ0) is 27.0. The molecule has 4 rings (SSSR count). The van der Waals surface area contributed by atoms with Crippen LogP contribution >= 0.6 is 0 Å². The summed E-state index contributed by atoms with van der Waals surface area (Å²) in [7, 11) is 3.02. The molecule has 194 valence electrons. The van der Waals surface area contributed by atoms with Crippen molar-refractivity contribution in [3.63, 3.8) is 0 Å². The third-order valence-corrected chi connectivity index (χ3v) is 7.15. The van der Waals surface area contributed by atoms with Crippen LogP contribution in [0, 0.1) is 5.92 Å². The average molecular weight is 500 g/mol. The van der Waals surface area contributed by atoms with E-state index in [9.17, 15) is 9.59 Å². The third kappa shape index (κ3) is 4.75. The maximum atomic E-state index is 14.4. The lowest BCUT2D eigenvalue weighted by Crippen LogP contribution is -2.57. The minimum absolute atomic E-state index is 0.148. The van der Waals surface area contributed by atoms with Crippen LogP contribution in [0.5, 0.6) is 5.75 Å². The van der Waals surface area contributed by atoms with Crippen molar-refractivity contribution in [3.05, 3.63) is 83.4 Å². The van der Waals surface area contributed by atoms with E-state index in [0.717, 1.165) is 27.9 Å². The highest BCUT2D eigenvalue weighted by atomic mass is 16.5. The van der Waals surface area contributed by atoms with E-state index in [0.29, 0.717) is 24.2 Å². The Kier molecular flexibility index (Phi) is 7.18. The van der Waals surface area contributed by atoms with Gasteiger partial charge in [-0.25, -0.2) is 4.79 Å². The van der Waals surface area contributed by atoms with Gasteiger partial charge in [-0.1, -0.05) is 83.1 Å². The molecule has 1 heterocycles. The summed E-state index contributed by atoms with van der Waals surface area (Å²) in [6, 6.07) is 21.6. The Labute approximate surface area is 220 Å². The van der Waals surface area contributed by atoms with Gasteiger partial charge in [0.2, 0.25) is 0 Å². The fourth-order valence-electron chi connectivity index (χ4n) is 5.61. The number of ether oxygens (including phenoxy) is 2. The standard InChI is InChI=1S/C32H37NO4/c1-21(2)19-32(30(35)37-7)20-25-24(22-12-9-8-10-13-22)14-11-15-27(25)33(32)29(34)23-16-17-26(31(3,4)5)28(18-23)36-6/h8-18,21H,19-20H2,1-7H3. The predicted molar refractivity (Wildman–Crippen MR) is 148 cm³/mol. The molecule has 1 atom stereocenters. The number of benzene rings is 3.